The maximum Gasteiger partial charge on any atom is 0.204 e. The van der Waals surface area contributed by atoms with Gasteiger partial charge in [-0.2, -0.15) is 5.21 Å². The van der Waals surface area contributed by atoms with Crippen LogP contribution in [0.1, 0.15) is 25.3 Å². The number of phenols is 1. The van der Waals surface area contributed by atoms with Crippen LogP contribution in [-0.4, -0.2) is 25.7 Å². The molecule has 0 amide bonds. The van der Waals surface area contributed by atoms with E-state index in [1.807, 2.05) is 26.0 Å². The number of aromatic nitrogens is 4. The molecule has 0 atom stereocenters. The summed E-state index contributed by atoms with van der Waals surface area (Å²) in [7, 11) is 0. The van der Waals surface area contributed by atoms with E-state index < -0.39 is 0 Å². The summed E-state index contributed by atoms with van der Waals surface area (Å²) >= 11 is 0. The number of rotatable bonds is 2. The molecule has 0 fully saturated rings. The van der Waals surface area contributed by atoms with Crippen LogP contribution in [0.3, 0.4) is 0 Å². The molecule has 0 spiro atoms. The molecule has 0 radical (unpaired) electrons. The monoisotopic (exact) mass is 204 g/mol. The summed E-state index contributed by atoms with van der Waals surface area (Å²) < 4.78 is 0. The summed E-state index contributed by atoms with van der Waals surface area (Å²) in [6.07, 6.45) is 0. The van der Waals surface area contributed by atoms with Gasteiger partial charge in [-0.1, -0.05) is 26.0 Å². The van der Waals surface area contributed by atoms with Crippen molar-refractivity contribution in [2.24, 2.45) is 0 Å². The molecular formula is C10H12N4O. The average molecular weight is 204 g/mol. The molecule has 0 unspecified atom stereocenters. The van der Waals surface area contributed by atoms with Gasteiger partial charge in [0, 0.05) is 5.56 Å². The maximum absolute atomic E-state index is 9.77. The molecule has 2 aromatic rings. The number of aromatic hydroxyl groups is 1. The molecule has 0 aliphatic rings. The SMILES string of the molecule is CC(C)c1ccc(-c2nn[nH]n2)cc1O. The second kappa shape index (κ2) is 3.68. The first-order chi connectivity index (χ1) is 7.18. The molecule has 1 heterocycles. The quantitative estimate of drug-likeness (QED) is 0.780. The minimum absolute atomic E-state index is 0.271. The molecule has 5 heteroatoms. The number of benzene rings is 1. The zero-order chi connectivity index (χ0) is 10.8. The van der Waals surface area contributed by atoms with E-state index in [1.165, 1.54) is 0 Å². The molecule has 15 heavy (non-hydrogen) atoms. The normalized spacial score (nSPS) is 10.9. The third-order valence-corrected chi connectivity index (χ3v) is 2.26. The number of hydrogen-bond acceptors (Lipinski definition) is 4. The second-order valence-electron chi connectivity index (χ2n) is 3.66. The van der Waals surface area contributed by atoms with Gasteiger partial charge in [0.15, 0.2) is 0 Å². The van der Waals surface area contributed by atoms with Gasteiger partial charge in [0.2, 0.25) is 5.82 Å². The van der Waals surface area contributed by atoms with Crippen molar-refractivity contribution in [3.05, 3.63) is 23.8 Å². The Balaban J connectivity index is 2.42. The summed E-state index contributed by atoms with van der Waals surface area (Å²) in [6.45, 7) is 4.06. The summed E-state index contributed by atoms with van der Waals surface area (Å²) in [5.74, 6) is 1.05. The Labute approximate surface area is 87.2 Å². The molecule has 78 valence electrons. The van der Waals surface area contributed by atoms with Crippen molar-refractivity contribution in [3.8, 4) is 17.1 Å². The fourth-order valence-corrected chi connectivity index (χ4v) is 1.46. The highest BCUT2D eigenvalue weighted by atomic mass is 16.3. The molecule has 2 rings (SSSR count). The number of phenolic OH excluding ortho intramolecular Hbond substituents is 1. The van der Waals surface area contributed by atoms with Gasteiger partial charge in [-0.15, -0.1) is 10.2 Å². The first kappa shape index (κ1) is 9.64. The number of aromatic amines is 1. The predicted octanol–water partition coefficient (Wildman–Crippen LogP) is 1.70. The first-order valence-corrected chi connectivity index (χ1v) is 4.75. The van der Waals surface area contributed by atoms with E-state index in [0.717, 1.165) is 11.1 Å². The standard InChI is InChI=1S/C10H12N4O/c1-6(2)8-4-3-7(5-9(8)15)10-11-13-14-12-10/h3-6,15H,1-2H3,(H,11,12,13,14). The van der Waals surface area contributed by atoms with Gasteiger partial charge in [-0.3, -0.25) is 0 Å². The van der Waals surface area contributed by atoms with E-state index in [-0.39, 0.29) is 5.75 Å². The van der Waals surface area contributed by atoms with Crippen LogP contribution in [0, 0.1) is 0 Å². The third kappa shape index (κ3) is 1.81. The summed E-state index contributed by atoms with van der Waals surface area (Å²) in [5.41, 5.74) is 1.67. The fraction of sp³-hybridized carbons (Fsp3) is 0.300. The van der Waals surface area contributed by atoms with E-state index in [0.29, 0.717) is 11.7 Å². The van der Waals surface area contributed by atoms with Crippen molar-refractivity contribution in [1.82, 2.24) is 20.6 Å². The minimum atomic E-state index is 0.271. The van der Waals surface area contributed by atoms with E-state index in [4.69, 9.17) is 0 Å². The van der Waals surface area contributed by atoms with Gasteiger partial charge in [0.25, 0.3) is 0 Å². The topological polar surface area (TPSA) is 74.7 Å². The highest BCUT2D eigenvalue weighted by molar-refractivity contribution is 5.58. The van der Waals surface area contributed by atoms with Crippen molar-refractivity contribution in [3.63, 3.8) is 0 Å². The molecule has 5 nitrogen and oxygen atoms in total. The molecule has 2 N–H and O–H groups in total. The Morgan fingerprint density at radius 1 is 1.33 bits per heavy atom. The van der Waals surface area contributed by atoms with Crippen LogP contribution in [0.25, 0.3) is 11.4 Å². The lowest BCUT2D eigenvalue weighted by molar-refractivity contribution is 0.465. The predicted molar refractivity (Wildman–Crippen MR) is 55.4 cm³/mol. The Morgan fingerprint density at radius 2 is 2.13 bits per heavy atom. The van der Waals surface area contributed by atoms with Crippen molar-refractivity contribution in [2.75, 3.05) is 0 Å². The van der Waals surface area contributed by atoms with Gasteiger partial charge in [-0.05, 0) is 22.8 Å². The summed E-state index contributed by atoms with van der Waals surface area (Å²) in [4.78, 5) is 0. The Hall–Kier alpha value is -1.91. The van der Waals surface area contributed by atoms with Crippen LogP contribution in [0.2, 0.25) is 0 Å². The smallest absolute Gasteiger partial charge is 0.204 e. The molecular weight excluding hydrogens is 192 g/mol. The van der Waals surface area contributed by atoms with Crippen LogP contribution in [0.15, 0.2) is 18.2 Å². The number of hydrogen-bond donors (Lipinski definition) is 2. The number of nitrogens with one attached hydrogen (secondary N) is 1. The fourth-order valence-electron chi connectivity index (χ4n) is 1.46. The number of tetrazole rings is 1. The molecule has 0 saturated heterocycles. The molecule has 1 aromatic carbocycles. The molecule has 1 aromatic heterocycles. The Morgan fingerprint density at radius 3 is 2.67 bits per heavy atom. The third-order valence-electron chi connectivity index (χ3n) is 2.26. The lowest BCUT2D eigenvalue weighted by Gasteiger charge is -2.08. The van der Waals surface area contributed by atoms with E-state index in [9.17, 15) is 5.11 Å². The molecule has 0 aliphatic heterocycles. The zero-order valence-electron chi connectivity index (χ0n) is 8.60. The molecule has 0 saturated carbocycles. The van der Waals surface area contributed by atoms with Crippen LogP contribution >= 0.6 is 0 Å². The van der Waals surface area contributed by atoms with Gasteiger partial charge in [0.05, 0.1) is 0 Å². The van der Waals surface area contributed by atoms with E-state index in [1.54, 1.807) is 6.07 Å². The minimum Gasteiger partial charge on any atom is -0.508 e. The van der Waals surface area contributed by atoms with Crippen molar-refractivity contribution in [2.45, 2.75) is 19.8 Å². The highest BCUT2D eigenvalue weighted by Gasteiger charge is 2.09. The average Bonchev–Trinajstić information content (AvgIpc) is 2.69. The van der Waals surface area contributed by atoms with Crippen molar-refractivity contribution in [1.29, 1.82) is 0 Å². The van der Waals surface area contributed by atoms with Gasteiger partial charge in [0.1, 0.15) is 5.75 Å². The van der Waals surface area contributed by atoms with Crippen molar-refractivity contribution < 1.29 is 5.11 Å². The maximum atomic E-state index is 9.77. The van der Waals surface area contributed by atoms with Crippen LogP contribution in [-0.2, 0) is 0 Å². The van der Waals surface area contributed by atoms with E-state index >= 15 is 0 Å². The summed E-state index contributed by atoms with van der Waals surface area (Å²) in [6, 6.07) is 5.41. The summed E-state index contributed by atoms with van der Waals surface area (Å²) in [5, 5.41) is 23.3. The second-order valence-corrected chi connectivity index (χ2v) is 3.66. The van der Waals surface area contributed by atoms with Crippen LogP contribution < -0.4 is 0 Å². The van der Waals surface area contributed by atoms with Gasteiger partial charge >= 0.3 is 0 Å². The van der Waals surface area contributed by atoms with Crippen molar-refractivity contribution >= 4 is 0 Å². The van der Waals surface area contributed by atoms with Gasteiger partial charge < -0.3 is 5.11 Å². The zero-order valence-corrected chi connectivity index (χ0v) is 8.60. The first-order valence-electron chi connectivity index (χ1n) is 4.75. The van der Waals surface area contributed by atoms with Crippen LogP contribution in [0.4, 0.5) is 0 Å². The van der Waals surface area contributed by atoms with Crippen LogP contribution in [0.5, 0.6) is 5.75 Å². The molecule has 0 aliphatic carbocycles. The Kier molecular flexibility index (Phi) is 2.37. The Bertz CT molecular complexity index is 450. The number of nitrogens with zero attached hydrogens (tertiary/aromatic N) is 3. The largest absolute Gasteiger partial charge is 0.508 e. The van der Waals surface area contributed by atoms with Gasteiger partial charge in [-0.25, -0.2) is 0 Å². The highest BCUT2D eigenvalue weighted by Crippen LogP contribution is 2.28. The lowest BCUT2D eigenvalue weighted by Crippen LogP contribution is -1.89. The lowest BCUT2D eigenvalue weighted by atomic mass is 10.0. The number of H-pyrrole nitrogens is 1. The van der Waals surface area contributed by atoms with E-state index in [2.05, 4.69) is 20.6 Å². The molecule has 0 bridgehead atoms.